The van der Waals surface area contributed by atoms with E-state index >= 15 is 0 Å². The van der Waals surface area contributed by atoms with Crippen LogP contribution >= 0.6 is 35.6 Å². The van der Waals surface area contributed by atoms with E-state index in [4.69, 9.17) is 21.1 Å². The van der Waals surface area contributed by atoms with Crippen LogP contribution < -0.4 is 10.6 Å². The van der Waals surface area contributed by atoms with Crippen LogP contribution in [0.25, 0.3) is 0 Å². The number of halogens is 2. The molecule has 164 valence electrons. The summed E-state index contributed by atoms with van der Waals surface area (Å²) in [6, 6.07) is 6.85. The van der Waals surface area contributed by atoms with Gasteiger partial charge in [-0.25, -0.2) is 0 Å². The van der Waals surface area contributed by atoms with Crippen molar-refractivity contribution in [3.63, 3.8) is 0 Å². The van der Waals surface area contributed by atoms with Crippen LogP contribution in [0.1, 0.15) is 29.6 Å². The molecule has 1 amide bonds. The Labute approximate surface area is 195 Å². The van der Waals surface area contributed by atoms with Gasteiger partial charge in [0, 0.05) is 64.1 Å². The number of carbonyl (C=O) groups excluding carboxylic acids is 1. The summed E-state index contributed by atoms with van der Waals surface area (Å²) in [7, 11) is 3.49. The van der Waals surface area contributed by atoms with E-state index in [1.165, 1.54) is 0 Å². The number of ether oxygens (including phenoxy) is 2. The highest BCUT2D eigenvalue weighted by Gasteiger charge is 2.21. The maximum absolute atomic E-state index is 12.1. The Hall–Kier alpha value is -1.10. The number of amides is 1. The topological polar surface area (TPSA) is 75.2 Å². The Kier molecular flexibility index (Phi) is 13.2. The first-order valence-electron chi connectivity index (χ1n) is 9.74. The number of benzene rings is 1. The molecule has 0 aromatic heterocycles. The molecule has 9 heteroatoms. The molecule has 0 saturated carbocycles. The van der Waals surface area contributed by atoms with E-state index in [-0.39, 0.29) is 29.9 Å². The van der Waals surface area contributed by atoms with Gasteiger partial charge in [-0.2, -0.15) is 0 Å². The van der Waals surface area contributed by atoms with E-state index in [0.717, 1.165) is 51.5 Å². The number of aliphatic imine (C=N–C) groups is 1. The molecule has 29 heavy (non-hydrogen) atoms. The van der Waals surface area contributed by atoms with Crippen molar-refractivity contribution in [2.75, 3.05) is 53.6 Å². The minimum absolute atomic E-state index is 0. The Balaban J connectivity index is 0.00000420. The van der Waals surface area contributed by atoms with Gasteiger partial charge >= 0.3 is 0 Å². The standard InChI is InChI=1S/C20H31ClN4O3.HI/c1-22-20(25-12-8-18(9-13-25)28-15-3-14-27-2)24-11-10-23-19(26)16-4-6-17(21)7-5-16;/h4-7,18H,3,8-15H2,1-2H3,(H,22,24)(H,23,26);1H. The summed E-state index contributed by atoms with van der Waals surface area (Å²) in [5.41, 5.74) is 0.598. The van der Waals surface area contributed by atoms with Crippen molar-refractivity contribution in [1.29, 1.82) is 0 Å². The van der Waals surface area contributed by atoms with Crippen LogP contribution in [0.4, 0.5) is 0 Å². The average Bonchev–Trinajstić information content (AvgIpc) is 2.72. The van der Waals surface area contributed by atoms with E-state index in [1.807, 2.05) is 0 Å². The Morgan fingerprint density at radius 2 is 1.83 bits per heavy atom. The molecule has 2 N–H and O–H groups in total. The zero-order chi connectivity index (χ0) is 20.2. The Bertz CT molecular complexity index is 623. The molecule has 0 bridgehead atoms. The van der Waals surface area contributed by atoms with Gasteiger partial charge in [0.2, 0.25) is 0 Å². The second-order valence-corrected chi connectivity index (χ2v) is 7.08. The zero-order valence-corrected chi connectivity index (χ0v) is 20.2. The second kappa shape index (κ2) is 14.8. The third-order valence-electron chi connectivity index (χ3n) is 4.60. The van der Waals surface area contributed by atoms with E-state index in [0.29, 0.717) is 29.8 Å². The quantitative estimate of drug-likeness (QED) is 0.219. The lowest BCUT2D eigenvalue weighted by Crippen LogP contribution is -2.48. The van der Waals surface area contributed by atoms with Gasteiger partial charge in [0.25, 0.3) is 5.91 Å². The molecule has 0 radical (unpaired) electrons. The number of piperidine rings is 1. The molecular formula is C20H32ClIN4O3. The number of methoxy groups -OCH3 is 1. The lowest BCUT2D eigenvalue weighted by Gasteiger charge is -2.34. The highest BCUT2D eigenvalue weighted by atomic mass is 127. The lowest BCUT2D eigenvalue weighted by atomic mass is 10.1. The highest BCUT2D eigenvalue weighted by molar-refractivity contribution is 14.0. The third kappa shape index (κ3) is 9.50. The number of guanidine groups is 1. The van der Waals surface area contributed by atoms with Crippen molar-refractivity contribution >= 4 is 47.4 Å². The van der Waals surface area contributed by atoms with Crippen molar-refractivity contribution in [2.45, 2.75) is 25.4 Å². The molecule has 2 rings (SSSR count). The van der Waals surface area contributed by atoms with E-state index < -0.39 is 0 Å². The first-order valence-corrected chi connectivity index (χ1v) is 10.1. The van der Waals surface area contributed by atoms with Crippen LogP contribution in [0, 0.1) is 0 Å². The van der Waals surface area contributed by atoms with E-state index in [1.54, 1.807) is 38.4 Å². The molecule has 1 heterocycles. The van der Waals surface area contributed by atoms with Gasteiger partial charge in [0.1, 0.15) is 0 Å². The largest absolute Gasteiger partial charge is 0.385 e. The summed E-state index contributed by atoms with van der Waals surface area (Å²) in [6.07, 6.45) is 3.22. The number of likely N-dealkylation sites (tertiary alicyclic amines) is 1. The third-order valence-corrected chi connectivity index (χ3v) is 4.85. The fraction of sp³-hybridized carbons (Fsp3) is 0.600. The lowest BCUT2D eigenvalue weighted by molar-refractivity contribution is 0.00991. The Morgan fingerprint density at radius 3 is 2.45 bits per heavy atom. The minimum atomic E-state index is -0.111. The predicted molar refractivity (Wildman–Crippen MR) is 128 cm³/mol. The maximum Gasteiger partial charge on any atom is 0.251 e. The molecule has 1 aliphatic heterocycles. The molecule has 7 nitrogen and oxygen atoms in total. The van der Waals surface area contributed by atoms with Gasteiger partial charge in [0.05, 0.1) is 6.10 Å². The fourth-order valence-electron chi connectivity index (χ4n) is 3.07. The minimum Gasteiger partial charge on any atom is -0.385 e. The predicted octanol–water partition coefficient (Wildman–Crippen LogP) is 2.78. The molecule has 1 saturated heterocycles. The van der Waals surface area contributed by atoms with Crippen molar-refractivity contribution in [2.24, 2.45) is 4.99 Å². The molecule has 0 unspecified atom stereocenters. The first-order chi connectivity index (χ1) is 13.6. The monoisotopic (exact) mass is 538 g/mol. The first kappa shape index (κ1) is 25.9. The van der Waals surface area contributed by atoms with Gasteiger partial charge < -0.3 is 25.0 Å². The number of rotatable bonds is 9. The molecular weight excluding hydrogens is 507 g/mol. The highest BCUT2D eigenvalue weighted by Crippen LogP contribution is 2.14. The number of hydrogen-bond donors (Lipinski definition) is 2. The van der Waals surface area contributed by atoms with Gasteiger partial charge in [-0.15, -0.1) is 24.0 Å². The average molecular weight is 539 g/mol. The summed E-state index contributed by atoms with van der Waals surface area (Å²) < 4.78 is 10.9. The molecule has 0 spiro atoms. The van der Waals surface area contributed by atoms with Gasteiger partial charge in [0.15, 0.2) is 5.96 Å². The molecule has 1 aromatic carbocycles. The molecule has 1 aromatic rings. The van der Waals surface area contributed by atoms with Crippen molar-refractivity contribution in [3.05, 3.63) is 34.9 Å². The molecule has 1 aliphatic rings. The number of nitrogens with zero attached hydrogens (tertiary/aromatic N) is 2. The SMILES string of the molecule is CN=C(NCCNC(=O)c1ccc(Cl)cc1)N1CCC(OCCCOC)CC1.I. The summed E-state index contributed by atoms with van der Waals surface area (Å²) in [4.78, 5) is 18.7. The molecule has 1 fully saturated rings. The zero-order valence-electron chi connectivity index (χ0n) is 17.2. The normalized spacial score (nSPS) is 15.0. The van der Waals surface area contributed by atoms with Crippen molar-refractivity contribution < 1.29 is 14.3 Å². The summed E-state index contributed by atoms with van der Waals surface area (Å²) in [6.45, 7) is 4.43. The van der Waals surface area contributed by atoms with Crippen LogP contribution in [0.3, 0.4) is 0 Å². The van der Waals surface area contributed by atoms with Crippen LogP contribution in [-0.4, -0.2) is 76.4 Å². The van der Waals surface area contributed by atoms with Gasteiger partial charge in [-0.1, -0.05) is 11.6 Å². The molecule has 0 aliphatic carbocycles. The van der Waals surface area contributed by atoms with Crippen molar-refractivity contribution in [3.8, 4) is 0 Å². The van der Waals surface area contributed by atoms with Crippen LogP contribution in [0.5, 0.6) is 0 Å². The maximum atomic E-state index is 12.1. The second-order valence-electron chi connectivity index (χ2n) is 6.64. The number of hydrogen-bond acceptors (Lipinski definition) is 4. The molecule has 0 atom stereocenters. The fourth-order valence-corrected chi connectivity index (χ4v) is 3.20. The van der Waals surface area contributed by atoms with Crippen LogP contribution in [0.15, 0.2) is 29.3 Å². The van der Waals surface area contributed by atoms with Gasteiger partial charge in [-0.05, 0) is 43.5 Å². The van der Waals surface area contributed by atoms with Crippen molar-refractivity contribution in [1.82, 2.24) is 15.5 Å². The van der Waals surface area contributed by atoms with Gasteiger partial charge in [-0.3, -0.25) is 9.79 Å². The van der Waals surface area contributed by atoms with E-state index in [2.05, 4.69) is 20.5 Å². The summed E-state index contributed by atoms with van der Waals surface area (Å²) >= 11 is 5.84. The smallest absolute Gasteiger partial charge is 0.251 e. The number of nitrogens with one attached hydrogen (secondary N) is 2. The Morgan fingerprint density at radius 1 is 1.17 bits per heavy atom. The number of carbonyl (C=O) groups is 1. The van der Waals surface area contributed by atoms with Crippen LogP contribution in [-0.2, 0) is 9.47 Å². The summed E-state index contributed by atoms with van der Waals surface area (Å²) in [5.74, 6) is 0.749. The van der Waals surface area contributed by atoms with Crippen LogP contribution in [0.2, 0.25) is 5.02 Å². The van der Waals surface area contributed by atoms with E-state index in [9.17, 15) is 4.79 Å². The summed E-state index contributed by atoms with van der Waals surface area (Å²) in [5, 5.41) is 6.82.